The Labute approximate surface area is 104 Å². The maximum Gasteiger partial charge on any atom is 0.0933 e. The van der Waals surface area contributed by atoms with Gasteiger partial charge in [-0.1, -0.05) is 56.5 Å². The first-order valence-corrected chi connectivity index (χ1v) is 6.67. The summed E-state index contributed by atoms with van der Waals surface area (Å²) in [5.74, 6) is 0. The van der Waals surface area contributed by atoms with E-state index in [1.165, 1.54) is 37.7 Å². The maximum atomic E-state index is 5.54. The third kappa shape index (κ3) is 4.14. The smallest absolute Gasteiger partial charge is 0.0933 e. The highest BCUT2D eigenvalue weighted by Crippen LogP contribution is 2.34. The molecular formula is C15H23NO. The van der Waals surface area contributed by atoms with Gasteiger partial charge in [0, 0.05) is 6.54 Å². The quantitative estimate of drug-likeness (QED) is 0.619. The molecule has 0 atom stereocenters. The first kappa shape index (κ1) is 12.6. The van der Waals surface area contributed by atoms with Gasteiger partial charge < -0.3 is 0 Å². The Morgan fingerprint density at radius 1 is 1.12 bits per heavy atom. The molecule has 1 saturated carbocycles. The van der Waals surface area contributed by atoms with E-state index in [1.807, 2.05) is 18.2 Å². The average Bonchev–Trinajstić information content (AvgIpc) is 2.37. The van der Waals surface area contributed by atoms with Crippen molar-refractivity contribution in [3.8, 4) is 0 Å². The molecule has 2 nitrogen and oxygen atoms in total. The van der Waals surface area contributed by atoms with Gasteiger partial charge in [-0.2, -0.15) is 0 Å². The Morgan fingerprint density at radius 3 is 2.53 bits per heavy atom. The van der Waals surface area contributed by atoms with Crippen molar-refractivity contribution < 1.29 is 4.84 Å². The molecular weight excluding hydrogens is 210 g/mol. The molecule has 0 spiro atoms. The van der Waals surface area contributed by atoms with E-state index in [1.54, 1.807) is 0 Å². The van der Waals surface area contributed by atoms with Crippen LogP contribution in [0, 0.1) is 5.41 Å². The number of hydrogen-bond donors (Lipinski definition) is 1. The average molecular weight is 233 g/mol. The van der Waals surface area contributed by atoms with Crippen molar-refractivity contribution in [2.75, 3.05) is 6.54 Å². The second kappa shape index (κ2) is 6.18. The van der Waals surface area contributed by atoms with Crippen molar-refractivity contribution >= 4 is 0 Å². The van der Waals surface area contributed by atoms with E-state index in [0.717, 1.165) is 6.54 Å². The van der Waals surface area contributed by atoms with Gasteiger partial charge in [-0.15, -0.1) is 0 Å². The first-order chi connectivity index (χ1) is 8.29. The lowest BCUT2D eigenvalue weighted by Gasteiger charge is -2.33. The monoisotopic (exact) mass is 233 g/mol. The molecule has 1 aliphatic rings. The predicted molar refractivity (Wildman–Crippen MR) is 70.4 cm³/mol. The molecule has 0 bridgehead atoms. The van der Waals surface area contributed by atoms with Crippen LogP contribution in [0.1, 0.15) is 44.6 Å². The second-order valence-electron chi connectivity index (χ2n) is 5.47. The van der Waals surface area contributed by atoms with Crippen molar-refractivity contribution in [1.29, 1.82) is 0 Å². The summed E-state index contributed by atoms with van der Waals surface area (Å²) >= 11 is 0. The summed E-state index contributed by atoms with van der Waals surface area (Å²) in [6.07, 6.45) is 6.80. The molecule has 0 unspecified atom stereocenters. The zero-order chi connectivity index (χ0) is 12.0. The minimum atomic E-state index is 0.439. The summed E-state index contributed by atoms with van der Waals surface area (Å²) in [5.41, 5.74) is 4.80. The van der Waals surface area contributed by atoms with Crippen LogP contribution in [0.4, 0.5) is 0 Å². The minimum absolute atomic E-state index is 0.439. The molecule has 0 amide bonds. The van der Waals surface area contributed by atoms with Crippen LogP contribution in [0.5, 0.6) is 0 Å². The molecule has 0 heterocycles. The topological polar surface area (TPSA) is 21.3 Å². The van der Waals surface area contributed by atoms with Gasteiger partial charge in [0.05, 0.1) is 6.61 Å². The fourth-order valence-electron chi connectivity index (χ4n) is 2.52. The van der Waals surface area contributed by atoms with Gasteiger partial charge in [0.2, 0.25) is 0 Å². The highest BCUT2D eigenvalue weighted by atomic mass is 16.6. The van der Waals surface area contributed by atoms with Crippen LogP contribution in [-0.4, -0.2) is 6.54 Å². The van der Waals surface area contributed by atoms with Crippen molar-refractivity contribution in [3.63, 3.8) is 0 Å². The molecule has 0 radical (unpaired) electrons. The standard InChI is InChI=1S/C15H23NO/c1-15(10-6-3-7-11-15)13-16-17-12-14-8-4-2-5-9-14/h2,4-5,8-9,16H,3,6-7,10-13H2,1H3. The van der Waals surface area contributed by atoms with Crippen LogP contribution in [-0.2, 0) is 11.4 Å². The Morgan fingerprint density at radius 2 is 1.82 bits per heavy atom. The molecule has 2 rings (SSSR count). The summed E-state index contributed by atoms with van der Waals surface area (Å²) in [6.45, 7) is 3.99. The Kier molecular flexibility index (Phi) is 4.57. The van der Waals surface area contributed by atoms with Gasteiger partial charge in [0.15, 0.2) is 0 Å². The molecule has 0 aromatic heterocycles. The van der Waals surface area contributed by atoms with Crippen molar-refractivity contribution in [3.05, 3.63) is 35.9 Å². The summed E-state index contributed by atoms with van der Waals surface area (Å²) in [7, 11) is 0. The summed E-state index contributed by atoms with van der Waals surface area (Å²) < 4.78 is 0. The molecule has 1 fully saturated rings. The molecule has 1 N–H and O–H groups in total. The first-order valence-electron chi connectivity index (χ1n) is 6.67. The maximum absolute atomic E-state index is 5.54. The van der Waals surface area contributed by atoms with E-state index < -0.39 is 0 Å². The molecule has 2 heteroatoms. The molecule has 1 aliphatic carbocycles. The Hall–Kier alpha value is -0.860. The predicted octanol–water partition coefficient (Wildman–Crippen LogP) is 3.68. The van der Waals surface area contributed by atoms with Crippen LogP contribution in [0.2, 0.25) is 0 Å². The summed E-state index contributed by atoms with van der Waals surface area (Å²) in [5, 5.41) is 0. The highest BCUT2D eigenvalue weighted by molar-refractivity contribution is 5.13. The largest absolute Gasteiger partial charge is 0.297 e. The number of hydrogen-bond acceptors (Lipinski definition) is 2. The van der Waals surface area contributed by atoms with E-state index in [0.29, 0.717) is 12.0 Å². The van der Waals surface area contributed by atoms with Crippen LogP contribution in [0.25, 0.3) is 0 Å². The van der Waals surface area contributed by atoms with E-state index in [4.69, 9.17) is 4.84 Å². The molecule has 0 saturated heterocycles. The van der Waals surface area contributed by atoms with E-state index in [2.05, 4.69) is 24.5 Å². The number of rotatable bonds is 5. The third-order valence-corrected chi connectivity index (χ3v) is 3.74. The van der Waals surface area contributed by atoms with Gasteiger partial charge in [-0.3, -0.25) is 4.84 Å². The lowest BCUT2D eigenvalue weighted by Crippen LogP contribution is -2.33. The number of nitrogens with one attached hydrogen (secondary N) is 1. The Bertz CT molecular complexity index is 317. The number of hydroxylamine groups is 1. The fraction of sp³-hybridized carbons (Fsp3) is 0.600. The van der Waals surface area contributed by atoms with Crippen LogP contribution >= 0.6 is 0 Å². The van der Waals surface area contributed by atoms with E-state index >= 15 is 0 Å². The fourth-order valence-corrected chi connectivity index (χ4v) is 2.52. The highest BCUT2D eigenvalue weighted by Gasteiger charge is 2.26. The normalized spacial score (nSPS) is 19.1. The molecule has 1 aromatic rings. The minimum Gasteiger partial charge on any atom is -0.297 e. The number of benzene rings is 1. The van der Waals surface area contributed by atoms with Crippen molar-refractivity contribution in [1.82, 2.24) is 5.48 Å². The lowest BCUT2D eigenvalue weighted by atomic mass is 9.76. The molecule has 94 valence electrons. The van der Waals surface area contributed by atoms with Gasteiger partial charge in [-0.05, 0) is 23.8 Å². The van der Waals surface area contributed by atoms with E-state index in [9.17, 15) is 0 Å². The van der Waals surface area contributed by atoms with Crippen molar-refractivity contribution in [2.45, 2.75) is 45.6 Å². The van der Waals surface area contributed by atoms with E-state index in [-0.39, 0.29) is 0 Å². The van der Waals surface area contributed by atoms with Gasteiger partial charge in [0.25, 0.3) is 0 Å². The molecule has 1 aromatic carbocycles. The van der Waals surface area contributed by atoms with Gasteiger partial charge in [-0.25, -0.2) is 5.48 Å². The molecule has 17 heavy (non-hydrogen) atoms. The Balaban J connectivity index is 1.66. The van der Waals surface area contributed by atoms with Crippen LogP contribution < -0.4 is 5.48 Å². The van der Waals surface area contributed by atoms with Crippen LogP contribution in [0.3, 0.4) is 0 Å². The van der Waals surface area contributed by atoms with Crippen molar-refractivity contribution in [2.24, 2.45) is 5.41 Å². The SMILES string of the molecule is CC1(CNOCc2ccccc2)CCCCC1. The molecule has 0 aliphatic heterocycles. The second-order valence-corrected chi connectivity index (χ2v) is 5.47. The zero-order valence-corrected chi connectivity index (χ0v) is 10.7. The summed E-state index contributed by atoms with van der Waals surface area (Å²) in [6, 6.07) is 10.3. The lowest BCUT2D eigenvalue weighted by molar-refractivity contribution is -0.000427. The van der Waals surface area contributed by atoms with Gasteiger partial charge >= 0.3 is 0 Å². The third-order valence-electron chi connectivity index (χ3n) is 3.74. The van der Waals surface area contributed by atoms with Crippen LogP contribution in [0.15, 0.2) is 30.3 Å². The van der Waals surface area contributed by atoms with Gasteiger partial charge in [0.1, 0.15) is 0 Å². The summed E-state index contributed by atoms with van der Waals surface area (Å²) in [4.78, 5) is 5.54. The zero-order valence-electron chi connectivity index (χ0n) is 10.7.